The zero-order chi connectivity index (χ0) is 14.2. The lowest BCUT2D eigenvalue weighted by Gasteiger charge is -2.44. The first-order valence-electron chi connectivity index (χ1n) is 6.69. The molecule has 1 aromatic rings. The Morgan fingerprint density at radius 3 is 2.74 bits per heavy atom. The molecule has 1 saturated heterocycles. The van der Waals surface area contributed by atoms with Gasteiger partial charge in [0, 0.05) is 30.8 Å². The minimum atomic E-state index is -0.357. The molecule has 0 bridgehead atoms. The van der Waals surface area contributed by atoms with Crippen molar-refractivity contribution in [2.24, 2.45) is 0 Å². The Hall–Kier alpha value is -1.13. The maximum absolute atomic E-state index is 13.9. The van der Waals surface area contributed by atoms with Gasteiger partial charge in [-0.2, -0.15) is 0 Å². The highest BCUT2D eigenvalue weighted by molar-refractivity contribution is 5.29. The minimum absolute atomic E-state index is 0.0359. The van der Waals surface area contributed by atoms with E-state index in [0.29, 0.717) is 5.56 Å². The van der Waals surface area contributed by atoms with Gasteiger partial charge in [0.05, 0.1) is 11.7 Å². The van der Waals surface area contributed by atoms with Crippen LogP contribution in [0.2, 0.25) is 0 Å². The van der Waals surface area contributed by atoms with E-state index in [1.54, 1.807) is 6.07 Å². The molecule has 2 unspecified atom stereocenters. The van der Waals surface area contributed by atoms with E-state index in [1.807, 2.05) is 13.8 Å². The van der Waals surface area contributed by atoms with Gasteiger partial charge in [-0.25, -0.2) is 4.39 Å². The lowest BCUT2D eigenvalue weighted by Crippen LogP contribution is -2.52. The minimum Gasteiger partial charge on any atom is -0.508 e. The molecule has 1 aliphatic heterocycles. The van der Waals surface area contributed by atoms with Gasteiger partial charge in [0.15, 0.2) is 0 Å². The molecule has 1 heterocycles. The van der Waals surface area contributed by atoms with E-state index in [0.717, 1.165) is 13.1 Å². The standard InChI is InChI=1S/C15H22FNO2/c1-10-8-17(9-15(3,4)19-10)11(2)13-6-5-12(18)7-14(13)16/h5-7,10-11,18H,8-9H2,1-4H3. The molecule has 1 N–H and O–H groups in total. The maximum Gasteiger partial charge on any atom is 0.131 e. The monoisotopic (exact) mass is 267 g/mol. The second kappa shape index (κ2) is 5.10. The van der Waals surface area contributed by atoms with Gasteiger partial charge in [-0.1, -0.05) is 6.07 Å². The summed E-state index contributed by atoms with van der Waals surface area (Å²) in [6.07, 6.45) is 0.131. The van der Waals surface area contributed by atoms with Gasteiger partial charge >= 0.3 is 0 Å². The van der Waals surface area contributed by atoms with E-state index in [2.05, 4.69) is 18.7 Å². The fourth-order valence-electron chi connectivity index (χ4n) is 2.85. The molecule has 1 aliphatic rings. The average molecular weight is 267 g/mol. The number of hydrogen-bond donors (Lipinski definition) is 1. The Morgan fingerprint density at radius 1 is 1.47 bits per heavy atom. The van der Waals surface area contributed by atoms with E-state index in [9.17, 15) is 9.50 Å². The molecule has 3 nitrogen and oxygen atoms in total. The van der Waals surface area contributed by atoms with Crippen LogP contribution in [0.1, 0.15) is 39.3 Å². The van der Waals surface area contributed by atoms with Gasteiger partial charge in [0.25, 0.3) is 0 Å². The quantitative estimate of drug-likeness (QED) is 0.893. The molecule has 0 aromatic heterocycles. The van der Waals surface area contributed by atoms with Crippen LogP contribution < -0.4 is 0 Å². The summed E-state index contributed by atoms with van der Waals surface area (Å²) in [5.41, 5.74) is 0.391. The van der Waals surface area contributed by atoms with Gasteiger partial charge in [0.2, 0.25) is 0 Å². The zero-order valence-corrected chi connectivity index (χ0v) is 12.0. The van der Waals surface area contributed by atoms with Crippen LogP contribution in [0.3, 0.4) is 0 Å². The van der Waals surface area contributed by atoms with Crippen LogP contribution in [-0.4, -0.2) is 34.8 Å². The number of ether oxygens (including phenoxy) is 1. The lowest BCUT2D eigenvalue weighted by molar-refractivity contribution is -0.137. The summed E-state index contributed by atoms with van der Waals surface area (Å²) in [5, 5.41) is 9.28. The Kier molecular flexibility index (Phi) is 3.83. The predicted octanol–water partition coefficient (Wildman–Crippen LogP) is 3.09. The topological polar surface area (TPSA) is 32.7 Å². The van der Waals surface area contributed by atoms with Crippen molar-refractivity contribution in [3.8, 4) is 5.75 Å². The van der Waals surface area contributed by atoms with Crippen LogP contribution in [-0.2, 0) is 4.74 Å². The SMILES string of the molecule is CC1CN(C(C)c2ccc(O)cc2F)CC(C)(C)O1. The summed E-state index contributed by atoms with van der Waals surface area (Å²) in [7, 11) is 0. The molecule has 19 heavy (non-hydrogen) atoms. The highest BCUT2D eigenvalue weighted by Crippen LogP contribution is 2.30. The highest BCUT2D eigenvalue weighted by Gasteiger charge is 2.34. The van der Waals surface area contributed by atoms with Crippen molar-refractivity contribution in [1.29, 1.82) is 0 Å². The van der Waals surface area contributed by atoms with Crippen LogP contribution in [0.5, 0.6) is 5.75 Å². The molecule has 0 radical (unpaired) electrons. The Balaban J connectivity index is 2.21. The number of hydrogen-bond acceptors (Lipinski definition) is 3. The Morgan fingerprint density at radius 2 is 2.16 bits per heavy atom. The van der Waals surface area contributed by atoms with Crippen molar-refractivity contribution in [3.05, 3.63) is 29.6 Å². The number of morpholine rings is 1. The highest BCUT2D eigenvalue weighted by atomic mass is 19.1. The van der Waals surface area contributed by atoms with Crippen molar-refractivity contribution in [2.45, 2.75) is 45.4 Å². The van der Waals surface area contributed by atoms with Crippen LogP contribution >= 0.6 is 0 Å². The summed E-state index contributed by atoms with van der Waals surface area (Å²) in [6, 6.07) is 4.32. The van der Waals surface area contributed by atoms with Crippen molar-refractivity contribution < 1.29 is 14.2 Å². The van der Waals surface area contributed by atoms with E-state index < -0.39 is 0 Å². The summed E-state index contributed by atoms with van der Waals surface area (Å²) in [6.45, 7) is 9.67. The van der Waals surface area contributed by atoms with Crippen LogP contribution in [0, 0.1) is 5.82 Å². The molecular weight excluding hydrogens is 245 g/mol. The third-order valence-electron chi connectivity index (χ3n) is 3.58. The molecule has 0 saturated carbocycles. The first-order valence-corrected chi connectivity index (χ1v) is 6.69. The Bertz CT molecular complexity index is 461. The first kappa shape index (κ1) is 14.3. The van der Waals surface area contributed by atoms with Gasteiger partial charge in [0.1, 0.15) is 11.6 Å². The summed E-state index contributed by atoms with van der Waals surface area (Å²) >= 11 is 0. The van der Waals surface area contributed by atoms with Gasteiger partial charge < -0.3 is 9.84 Å². The number of halogens is 1. The summed E-state index contributed by atoms with van der Waals surface area (Å²) < 4.78 is 19.8. The third-order valence-corrected chi connectivity index (χ3v) is 3.58. The second-order valence-corrected chi connectivity index (χ2v) is 6.00. The van der Waals surface area contributed by atoms with E-state index >= 15 is 0 Å². The predicted molar refractivity (Wildman–Crippen MR) is 72.7 cm³/mol. The molecule has 106 valence electrons. The van der Waals surface area contributed by atoms with Crippen molar-refractivity contribution >= 4 is 0 Å². The largest absolute Gasteiger partial charge is 0.508 e. The van der Waals surface area contributed by atoms with Crippen LogP contribution in [0.25, 0.3) is 0 Å². The molecule has 1 fully saturated rings. The van der Waals surface area contributed by atoms with Gasteiger partial charge in [-0.15, -0.1) is 0 Å². The lowest BCUT2D eigenvalue weighted by atomic mass is 10.00. The second-order valence-electron chi connectivity index (χ2n) is 6.00. The van der Waals surface area contributed by atoms with Crippen LogP contribution in [0.4, 0.5) is 4.39 Å². The molecule has 0 amide bonds. The summed E-state index contributed by atoms with van der Waals surface area (Å²) in [4.78, 5) is 2.23. The van der Waals surface area contributed by atoms with Crippen molar-refractivity contribution in [1.82, 2.24) is 4.90 Å². The first-order chi connectivity index (χ1) is 8.78. The number of rotatable bonds is 2. The molecule has 4 heteroatoms. The number of nitrogens with zero attached hydrogens (tertiary/aromatic N) is 1. The van der Waals surface area contributed by atoms with Crippen molar-refractivity contribution in [2.75, 3.05) is 13.1 Å². The third kappa shape index (κ3) is 3.25. The Labute approximate surface area is 114 Å². The average Bonchev–Trinajstić information content (AvgIpc) is 2.25. The fourth-order valence-corrected chi connectivity index (χ4v) is 2.85. The molecule has 0 aliphatic carbocycles. The number of benzene rings is 1. The maximum atomic E-state index is 13.9. The van der Waals surface area contributed by atoms with Crippen LogP contribution in [0.15, 0.2) is 18.2 Å². The zero-order valence-electron chi connectivity index (χ0n) is 12.0. The smallest absolute Gasteiger partial charge is 0.131 e. The van der Waals surface area contributed by atoms with Crippen molar-refractivity contribution in [3.63, 3.8) is 0 Å². The molecule has 1 aromatic carbocycles. The fraction of sp³-hybridized carbons (Fsp3) is 0.600. The molecular formula is C15H22FNO2. The van der Waals surface area contributed by atoms with Gasteiger partial charge in [-0.05, 0) is 33.8 Å². The van der Waals surface area contributed by atoms with E-state index in [4.69, 9.17) is 4.74 Å². The van der Waals surface area contributed by atoms with E-state index in [1.165, 1.54) is 12.1 Å². The normalized spacial score (nSPS) is 25.2. The number of aromatic hydroxyl groups is 1. The van der Waals surface area contributed by atoms with E-state index in [-0.39, 0.29) is 29.3 Å². The number of phenols is 1. The van der Waals surface area contributed by atoms with Gasteiger partial charge in [-0.3, -0.25) is 4.90 Å². The number of phenolic OH excluding ortho intramolecular Hbond substituents is 1. The molecule has 2 atom stereocenters. The molecule has 0 spiro atoms. The molecule has 2 rings (SSSR count). The summed E-state index contributed by atoms with van der Waals surface area (Å²) in [5.74, 6) is -0.395.